The van der Waals surface area contributed by atoms with Gasteiger partial charge in [0.05, 0.1) is 10.9 Å². The summed E-state index contributed by atoms with van der Waals surface area (Å²) in [6.45, 7) is 7.71. The Morgan fingerprint density at radius 3 is 2.45 bits per heavy atom. The van der Waals surface area contributed by atoms with Gasteiger partial charge in [0, 0.05) is 22.7 Å². The van der Waals surface area contributed by atoms with Gasteiger partial charge in [-0.15, -0.1) is 11.3 Å². The quantitative estimate of drug-likeness (QED) is 0.653. The van der Waals surface area contributed by atoms with Crippen molar-refractivity contribution in [3.8, 4) is 0 Å². The number of anilines is 1. The molecule has 0 bridgehead atoms. The third kappa shape index (κ3) is 4.00. The maximum Gasteiger partial charge on any atom is 0.262 e. The first-order valence-electron chi connectivity index (χ1n) is 9.79. The van der Waals surface area contributed by atoms with Crippen LogP contribution < -0.4 is 10.6 Å². The lowest BCUT2D eigenvalue weighted by molar-refractivity contribution is -0.117. The van der Waals surface area contributed by atoms with Gasteiger partial charge in [-0.2, -0.15) is 0 Å². The standard InChI is InChI=1S/C22H24N4O2S/c1-11-18-13(3)23-14(4)25-22(18)29-19(11)21(28)24-12(2)15-7-9-17(10-8-15)26-20(27)16-5-6-16/h7-10,12,16H,5-6H2,1-4H3,(H,24,28)(H,26,27). The summed E-state index contributed by atoms with van der Waals surface area (Å²) in [4.78, 5) is 35.2. The zero-order valence-corrected chi connectivity index (χ0v) is 17.8. The number of aryl methyl sites for hydroxylation is 3. The molecule has 6 nitrogen and oxygen atoms in total. The Kier molecular flexibility index (Phi) is 5.08. The van der Waals surface area contributed by atoms with Crippen molar-refractivity contribution in [2.75, 3.05) is 5.32 Å². The summed E-state index contributed by atoms with van der Waals surface area (Å²) < 4.78 is 0. The molecule has 0 radical (unpaired) electrons. The van der Waals surface area contributed by atoms with Crippen molar-refractivity contribution in [1.82, 2.24) is 15.3 Å². The maximum atomic E-state index is 12.9. The summed E-state index contributed by atoms with van der Waals surface area (Å²) in [5, 5.41) is 6.97. The van der Waals surface area contributed by atoms with E-state index in [9.17, 15) is 9.59 Å². The van der Waals surface area contributed by atoms with Crippen molar-refractivity contribution in [2.24, 2.45) is 5.92 Å². The van der Waals surface area contributed by atoms with E-state index in [1.54, 1.807) is 0 Å². The van der Waals surface area contributed by atoms with E-state index in [-0.39, 0.29) is 23.8 Å². The highest BCUT2D eigenvalue weighted by Gasteiger charge is 2.29. The Bertz CT molecular complexity index is 1100. The maximum absolute atomic E-state index is 12.9. The molecule has 2 N–H and O–H groups in total. The smallest absolute Gasteiger partial charge is 0.262 e. The Morgan fingerprint density at radius 2 is 1.79 bits per heavy atom. The Morgan fingerprint density at radius 1 is 1.10 bits per heavy atom. The minimum atomic E-state index is -0.158. The van der Waals surface area contributed by atoms with E-state index < -0.39 is 0 Å². The van der Waals surface area contributed by atoms with Gasteiger partial charge in [0.25, 0.3) is 5.91 Å². The molecular weight excluding hydrogens is 384 g/mol. The van der Waals surface area contributed by atoms with Gasteiger partial charge in [-0.1, -0.05) is 12.1 Å². The SMILES string of the molecule is Cc1nc(C)c2c(C)c(C(=O)NC(C)c3ccc(NC(=O)C4CC4)cc3)sc2n1. The number of fused-ring (bicyclic) bond motifs is 1. The van der Waals surface area contributed by atoms with Gasteiger partial charge >= 0.3 is 0 Å². The van der Waals surface area contributed by atoms with Gasteiger partial charge in [-0.3, -0.25) is 9.59 Å². The second kappa shape index (κ2) is 7.55. The minimum absolute atomic E-state index is 0.0907. The van der Waals surface area contributed by atoms with Crippen molar-refractivity contribution in [3.05, 3.63) is 51.8 Å². The molecule has 1 saturated carbocycles. The molecule has 0 saturated heterocycles. The molecule has 150 valence electrons. The number of thiophene rings is 1. The average Bonchev–Trinajstić information content (AvgIpc) is 3.46. The fourth-order valence-corrected chi connectivity index (χ4v) is 4.66. The third-order valence-electron chi connectivity index (χ3n) is 5.26. The number of benzene rings is 1. The van der Waals surface area contributed by atoms with Crippen LogP contribution in [-0.2, 0) is 4.79 Å². The van der Waals surface area contributed by atoms with Crippen LogP contribution in [0.15, 0.2) is 24.3 Å². The molecule has 0 spiro atoms. The lowest BCUT2D eigenvalue weighted by Gasteiger charge is -2.15. The molecule has 1 unspecified atom stereocenters. The van der Waals surface area contributed by atoms with Gasteiger partial charge in [0.1, 0.15) is 10.7 Å². The van der Waals surface area contributed by atoms with Crippen LogP contribution in [0.25, 0.3) is 10.2 Å². The van der Waals surface area contributed by atoms with E-state index >= 15 is 0 Å². The number of aromatic nitrogens is 2. The van der Waals surface area contributed by atoms with E-state index in [1.807, 2.05) is 52.0 Å². The van der Waals surface area contributed by atoms with Gasteiger partial charge < -0.3 is 10.6 Å². The Labute approximate surface area is 173 Å². The second-order valence-electron chi connectivity index (χ2n) is 7.67. The largest absolute Gasteiger partial charge is 0.345 e. The predicted octanol–water partition coefficient (Wildman–Crippen LogP) is 4.46. The van der Waals surface area contributed by atoms with Crippen LogP contribution in [0.3, 0.4) is 0 Å². The molecule has 1 atom stereocenters. The highest BCUT2D eigenvalue weighted by atomic mass is 32.1. The zero-order valence-electron chi connectivity index (χ0n) is 17.0. The predicted molar refractivity (Wildman–Crippen MR) is 115 cm³/mol. The fraction of sp³-hybridized carbons (Fsp3) is 0.364. The highest BCUT2D eigenvalue weighted by Crippen LogP contribution is 2.32. The first-order chi connectivity index (χ1) is 13.8. The molecule has 4 rings (SSSR count). The molecule has 2 aromatic heterocycles. The van der Waals surface area contributed by atoms with Crippen LogP contribution in [0.2, 0.25) is 0 Å². The summed E-state index contributed by atoms with van der Waals surface area (Å²) in [6.07, 6.45) is 1.96. The summed E-state index contributed by atoms with van der Waals surface area (Å²) >= 11 is 1.40. The topological polar surface area (TPSA) is 84.0 Å². The number of carbonyl (C=O) groups is 2. The van der Waals surface area contributed by atoms with Gasteiger partial charge in [0.2, 0.25) is 5.91 Å². The van der Waals surface area contributed by atoms with Crippen LogP contribution in [0, 0.1) is 26.7 Å². The fourth-order valence-electron chi connectivity index (χ4n) is 3.48. The van der Waals surface area contributed by atoms with E-state index in [0.29, 0.717) is 10.7 Å². The number of carbonyl (C=O) groups excluding carboxylic acids is 2. The normalized spacial score (nSPS) is 14.6. The summed E-state index contributed by atoms with van der Waals surface area (Å²) in [6, 6.07) is 7.47. The Balaban J connectivity index is 1.48. The van der Waals surface area contributed by atoms with Crippen LogP contribution in [0.4, 0.5) is 5.69 Å². The molecule has 1 aliphatic carbocycles. The van der Waals surface area contributed by atoms with Crippen molar-refractivity contribution in [2.45, 2.75) is 46.6 Å². The van der Waals surface area contributed by atoms with Gasteiger partial charge in [-0.05, 0) is 63.8 Å². The number of hydrogen-bond acceptors (Lipinski definition) is 5. The second-order valence-corrected chi connectivity index (χ2v) is 8.67. The third-order valence-corrected chi connectivity index (χ3v) is 6.45. The molecule has 2 amide bonds. The van der Waals surface area contributed by atoms with E-state index in [1.165, 1.54) is 11.3 Å². The first-order valence-corrected chi connectivity index (χ1v) is 10.6. The summed E-state index contributed by atoms with van der Waals surface area (Å²) in [5.41, 5.74) is 3.59. The minimum Gasteiger partial charge on any atom is -0.345 e. The van der Waals surface area contributed by atoms with E-state index in [0.717, 1.165) is 45.6 Å². The molecular formula is C22H24N4O2S. The molecule has 1 aromatic carbocycles. The number of nitrogens with one attached hydrogen (secondary N) is 2. The molecule has 3 aromatic rings. The van der Waals surface area contributed by atoms with Crippen molar-refractivity contribution in [3.63, 3.8) is 0 Å². The molecule has 1 fully saturated rings. The van der Waals surface area contributed by atoms with Crippen molar-refractivity contribution in [1.29, 1.82) is 0 Å². The average molecular weight is 409 g/mol. The summed E-state index contributed by atoms with van der Waals surface area (Å²) in [7, 11) is 0. The molecule has 1 aliphatic rings. The lowest BCUT2D eigenvalue weighted by Crippen LogP contribution is -2.26. The molecule has 2 heterocycles. The molecule has 7 heteroatoms. The van der Waals surface area contributed by atoms with Gasteiger partial charge in [-0.25, -0.2) is 9.97 Å². The van der Waals surface area contributed by atoms with Gasteiger partial charge in [0.15, 0.2) is 0 Å². The summed E-state index contributed by atoms with van der Waals surface area (Å²) in [5.74, 6) is 0.870. The van der Waals surface area contributed by atoms with Crippen LogP contribution in [0.1, 0.15) is 58.1 Å². The number of rotatable bonds is 5. The zero-order chi connectivity index (χ0) is 20.7. The number of hydrogen-bond donors (Lipinski definition) is 2. The van der Waals surface area contributed by atoms with E-state index in [4.69, 9.17) is 0 Å². The Hall–Kier alpha value is -2.80. The van der Waals surface area contributed by atoms with Crippen LogP contribution in [-0.4, -0.2) is 21.8 Å². The van der Waals surface area contributed by atoms with Crippen LogP contribution in [0.5, 0.6) is 0 Å². The molecule has 0 aliphatic heterocycles. The number of amides is 2. The molecule has 29 heavy (non-hydrogen) atoms. The highest BCUT2D eigenvalue weighted by molar-refractivity contribution is 7.20. The van der Waals surface area contributed by atoms with Crippen molar-refractivity contribution >= 4 is 39.1 Å². The van der Waals surface area contributed by atoms with Crippen molar-refractivity contribution < 1.29 is 9.59 Å². The van der Waals surface area contributed by atoms with Crippen LogP contribution >= 0.6 is 11.3 Å². The lowest BCUT2D eigenvalue weighted by atomic mass is 10.1. The first kappa shape index (κ1) is 19.5. The number of nitrogens with zero attached hydrogens (tertiary/aromatic N) is 2. The monoisotopic (exact) mass is 408 g/mol. The van der Waals surface area contributed by atoms with E-state index in [2.05, 4.69) is 20.6 Å².